The van der Waals surface area contributed by atoms with Crippen molar-refractivity contribution >= 4 is 11.7 Å². The number of pyridine rings is 1. The Morgan fingerprint density at radius 1 is 1.00 bits per heavy atom. The number of amides is 1. The standard InChI is InChI=1S/C21H19N7O2/c1-12-18(20-27-26-19(30-20)15-8-9-23-17(22)10-15)25-16(11-24-12)13-4-6-14(7-5-13)21(29)28(2)3/h4-11H,1-3H3,(H2,22,23). The first-order chi connectivity index (χ1) is 14.4. The second kappa shape index (κ2) is 7.70. The monoisotopic (exact) mass is 401 g/mol. The van der Waals surface area contributed by atoms with E-state index in [-0.39, 0.29) is 11.8 Å². The minimum Gasteiger partial charge on any atom is -0.415 e. The average Bonchev–Trinajstić information content (AvgIpc) is 3.24. The molecule has 2 N–H and O–H groups in total. The predicted octanol–water partition coefficient (Wildman–Crippen LogP) is 2.85. The number of carbonyl (C=O) groups is 1. The summed E-state index contributed by atoms with van der Waals surface area (Å²) in [5, 5.41) is 8.20. The van der Waals surface area contributed by atoms with Crippen molar-refractivity contribution in [2.24, 2.45) is 0 Å². The van der Waals surface area contributed by atoms with Gasteiger partial charge >= 0.3 is 0 Å². The Labute approximate surface area is 172 Å². The van der Waals surface area contributed by atoms with Gasteiger partial charge < -0.3 is 15.1 Å². The molecule has 0 bridgehead atoms. The molecule has 4 aromatic rings. The minimum atomic E-state index is -0.0626. The molecule has 0 aliphatic carbocycles. The normalized spacial score (nSPS) is 10.8. The van der Waals surface area contributed by atoms with E-state index in [1.807, 2.05) is 19.1 Å². The number of rotatable bonds is 4. The third-order valence-corrected chi connectivity index (χ3v) is 4.44. The van der Waals surface area contributed by atoms with Gasteiger partial charge in [-0.3, -0.25) is 9.78 Å². The van der Waals surface area contributed by atoms with Gasteiger partial charge in [-0.1, -0.05) is 12.1 Å². The van der Waals surface area contributed by atoms with Crippen molar-refractivity contribution in [3.05, 3.63) is 60.0 Å². The second-order valence-electron chi connectivity index (χ2n) is 6.85. The van der Waals surface area contributed by atoms with Crippen LogP contribution in [0.5, 0.6) is 0 Å². The van der Waals surface area contributed by atoms with Crippen LogP contribution in [-0.4, -0.2) is 50.1 Å². The highest BCUT2D eigenvalue weighted by atomic mass is 16.4. The second-order valence-corrected chi connectivity index (χ2v) is 6.85. The molecular formula is C21H19N7O2. The number of nitrogens with zero attached hydrogens (tertiary/aromatic N) is 6. The number of aryl methyl sites for hydroxylation is 1. The van der Waals surface area contributed by atoms with Crippen molar-refractivity contribution in [1.82, 2.24) is 30.0 Å². The molecule has 150 valence electrons. The number of carbonyl (C=O) groups excluding carboxylic acids is 1. The molecule has 3 aromatic heterocycles. The van der Waals surface area contributed by atoms with Gasteiger partial charge in [0.15, 0.2) is 0 Å². The van der Waals surface area contributed by atoms with Crippen molar-refractivity contribution in [3.8, 4) is 34.3 Å². The van der Waals surface area contributed by atoms with Crippen LogP contribution < -0.4 is 5.73 Å². The number of hydrogen-bond donors (Lipinski definition) is 1. The Bertz CT molecular complexity index is 1220. The average molecular weight is 401 g/mol. The van der Waals surface area contributed by atoms with Gasteiger partial charge in [-0.25, -0.2) is 9.97 Å². The van der Waals surface area contributed by atoms with Gasteiger partial charge in [0, 0.05) is 37.0 Å². The fourth-order valence-corrected chi connectivity index (χ4v) is 2.85. The Kier molecular flexibility index (Phi) is 4.93. The predicted molar refractivity (Wildman–Crippen MR) is 111 cm³/mol. The van der Waals surface area contributed by atoms with E-state index in [1.54, 1.807) is 50.8 Å². The van der Waals surface area contributed by atoms with Gasteiger partial charge in [0.1, 0.15) is 11.5 Å². The largest absolute Gasteiger partial charge is 0.415 e. The molecule has 0 saturated heterocycles. The third-order valence-electron chi connectivity index (χ3n) is 4.44. The van der Waals surface area contributed by atoms with E-state index in [1.165, 1.54) is 4.90 Å². The van der Waals surface area contributed by atoms with Crippen molar-refractivity contribution in [1.29, 1.82) is 0 Å². The lowest BCUT2D eigenvalue weighted by atomic mass is 10.1. The maximum absolute atomic E-state index is 12.1. The molecule has 0 spiro atoms. The Morgan fingerprint density at radius 3 is 2.43 bits per heavy atom. The minimum absolute atomic E-state index is 0.0626. The zero-order chi connectivity index (χ0) is 21.3. The molecule has 0 fully saturated rings. The summed E-state index contributed by atoms with van der Waals surface area (Å²) >= 11 is 0. The summed E-state index contributed by atoms with van der Waals surface area (Å²) in [6.45, 7) is 1.82. The van der Waals surface area contributed by atoms with Crippen LogP contribution in [-0.2, 0) is 0 Å². The molecule has 3 heterocycles. The van der Waals surface area contributed by atoms with E-state index in [9.17, 15) is 4.79 Å². The van der Waals surface area contributed by atoms with Gasteiger partial charge in [0.2, 0.25) is 5.89 Å². The number of anilines is 1. The molecule has 4 rings (SSSR count). The summed E-state index contributed by atoms with van der Waals surface area (Å²) in [6, 6.07) is 10.6. The highest BCUT2D eigenvalue weighted by Crippen LogP contribution is 2.27. The van der Waals surface area contributed by atoms with E-state index in [0.717, 1.165) is 5.56 Å². The first-order valence-corrected chi connectivity index (χ1v) is 9.14. The van der Waals surface area contributed by atoms with Crippen LogP contribution >= 0.6 is 0 Å². The van der Waals surface area contributed by atoms with Crippen LogP contribution in [0.4, 0.5) is 5.82 Å². The molecule has 1 aromatic carbocycles. The zero-order valence-electron chi connectivity index (χ0n) is 16.7. The zero-order valence-corrected chi connectivity index (χ0v) is 16.7. The first kappa shape index (κ1) is 19.2. The Morgan fingerprint density at radius 2 is 1.73 bits per heavy atom. The number of nitrogens with two attached hydrogens (primary N) is 1. The summed E-state index contributed by atoms with van der Waals surface area (Å²) in [6.07, 6.45) is 3.24. The Hall–Kier alpha value is -4.14. The van der Waals surface area contributed by atoms with Crippen molar-refractivity contribution in [3.63, 3.8) is 0 Å². The van der Waals surface area contributed by atoms with Crippen molar-refractivity contribution in [2.75, 3.05) is 19.8 Å². The van der Waals surface area contributed by atoms with Crippen LogP contribution in [0, 0.1) is 6.92 Å². The highest BCUT2D eigenvalue weighted by Gasteiger charge is 2.17. The summed E-state index contributed by atoms with van der Waals surface area (Å²) in [5.41, 5.74) is 9.59. The van der Waals surface area contributed by atoms with E-state index in [0.29, 0.717) is 39.9 Å². The van der Waals surface area contributed by atoms with Gasteiger partial charge in [-0.05, 0) is 31.2 Å². The van der Waals surface area contributed by atoms with Crippen LogP contribution in [0.1, 0.15) is 16.1 Å². The summed E-state index contributed by atoms with van der Waals surface area (Å²) in [7, 11) is 3.43. The van der Waals surface area contributed by atoms with Gasteiger partial charge in [-0.2, -0.15) is 0 Å². The highest BCUT2D eigenvalue weighted by molar-refractivity contribution is 5.94. The topological polar surface area (TPSA) is 124 Å². The van der Waals surface area contributed by atoms with Crippen molar-refractivity contribution < 1.29 is 9.21 Å². The number of benzene rings is 1. The molecule has 0 unspecified atom stereocenters. The van der Waals surface area contributed by atoms with Crippen LogP contribution in [0.15, 0.2) is 53.2 Å². The molecule has 0 aliphatic heterocycles. The fraction of sp³-hybridized carbons (Fsp3) is 0.143. The van der Waals surface area contributed by atoms with Gasteiger partial charge in [0.25, 0.3) is 11.8 Å². The van der Waals surface area contributed by atoms with Crippen LogP contribution in [0.2, 0.25) is 0 Å². The molecule has 30 heavy (non-hydrogen) atoms. The molecule has 0 aliphatic rings. The number of hydrogen-bond acceptors (Lipinski definition) is 8. The van der Waals surface area contributed by atoms with Gasteiger partial charge in [-0.15, -0.1) is 10.2 Å². The van der Waals surface area contributed by atoms with E-state index in [4.69, 9.17) is 10.2 Å². The molecule has 1 amide bonds. The Balaban J connectivity index is 1.67. The van der Waals surface area contributed by atoms with Crippen LogP contribution in [0.25, 0.3) is 34.3 Å². The fourth-order valence-electron chi connectivity index (χ4n) is 2.85. The van der Waals surface area contributed by atoms with Gasteiger partial charge in [0.05, 0.1) is 17.6 Å². The number of aromatic nitrogens is 5. The maximum atomic E-state index is 12.1. The van der Waals surface area contributed by atoms with E-state index < -0.39 is 0 Å². The number of nitrogen functional groups attached to an aromatic ring is 1. The summed E-state index contributed by atoms with van der Waals surface area (Å²) in [4.78, 5) is 26.6. The third kappa shape index (κ3) is 3.72. The molecular weight excluding hydrogens is 382 g/mol. The quantitative estimate of drug-likeness (QED) is 0.553. The molecule has 9 heteroatoms. The van der Waals surface area contributed by atoms with Crippen molar-refractivity contribution in [2.45, 2.75) is 6.92 Å². The first-order valence-electron chi connectivity index (χ1n) is 9.14. The van der Waals surface area contributed by atoms with Crippen LogP contribution in [0.3, 0.4) is 0 Å². The molecule has 0 radical (unpaired) electrons. The molecule has 0 atom stereocenters. The summed E-state index contributed by atoms with van der Waals surface area (Å²) in [5.74, 6) is 0.873. The summed E-state index contributed by atoms with van der Waals surface area (Å²) < 4.78 is 5.80. The molecule has 9 nitrogen and oxygen atoms in total. The van der Waals surface area contributed by atoms with E-state index >= 15 is 0 Å². The molecule has 0 saturated carbocycles. The van der Waals surface area contributed by atoms with E-state index in [2.05, 4.69) is 25.1 Å². The lowest BCUT2D eigenvalue weighted by molar-refractivity contribution is 0.0827. The lowest BCUT2D eigenvalue weighted by Crippen LogP contribution is -2.21. The smallest absolute Gasteiger partial charge is 0.268 e. The SMILES string of the molecule is Cc1ncc(-c2ccc(C(=O)N(C)C)cc2)nc1-c1nnc(-c2ccnc(N)c2)o1. The maximum Gasteiger partial charge on any atom is 0.268 e. The lowest BCUT2D eigenvalue weighted by Gasteiger charge is -2.10.